The summed E-state index contributed by atoms with van der Waals surface area (Å²) in [4.78, 5) is 0. The molecule has 0 spiro atoms. The topological polar surface area (TPSA) is 66.4 Å². The third-order valence-corrected chi connectivity index (χ3v) is 5.32. The zero-order valence-corrected chi connectivity index (χ0v) is 18.8. The monoisotopic (exact) mass is 424 g/mol. The molecule has 0 bridgehead atoms. The third kappa shape index (κ3) is 8.25. The maximum absolute atomic E-state index is 10.9. The van der Waals surface area contributed by atoms with Crippen LogP contribution in [0, 0.1) is 0 Å². The maximum atomic E-state index is 10.9. The summed E-state index contributed by atoms with van der Waals surface area (Å²) in [6.45, 7) is 6.12. The zero-order chi connectivity index (χ0) is 21.6. The van der Waals surface area contributed by atoms with Crippen molar-refractivity contribution in [2.75, 3.05) is 26.9 Å². The highest BCUT2D eigenvalue weighted by Crippen LogP contribution is 2.27. The van der Waals surface area contributed by atoms with E-state index >= 15 is 0 Å². The van der Waals surface area contributed by atoms with Gasteiger partial charge in [-0.15, -0.1) is 0 Å². The Morgan fingerprint density at radius 3 is 2.33 bits per heavy atom. The molecule has 1 unspecified atom stereocenters. The van der Waals surface area contributed by atoms with Gasteiger partial charge in [0, 0.05) is 20.3 Å². The van der Waals surface area contributed by atoms with Gasteiger partial charge in [0.1, 0.15) is 24.4 Å². The first kappa shape index (κ1) is 25.2. The van der Waals surface area contributed by atoms with Crippen molar-refractivity contribution in [3.05, 3.63) is 35.9 Å². The molecule has 1 N–H and O–H groups in total. The quantitative estimate of drug-likeness (QED) is 0.428. The Bertz CT molecular complexity index is 540. The average Bonchev–Trinajstić information content (AvgIpc) is 2.77. The second-order valence-electron chi connectivity index (χ2n) is 7.85. The van der Waals surface area contributed by atoms with Crippen molar-refractivity contribution in [1.29, 1.82) is 0 Å². The van der Waals surface area contributed by atoms with E-state index in [0.717, 1.165) is 24.8 Å². The molecule has 0 saturated carbocycles. The fourth-order valence-corrected chi connectivity index (χ4v) is 3.63. The standard InChI is InChI=1S/C24H40O6/c1-4-6-7-8-12-16-29-23-22(28-15-5-2)21(25)20(30-24(23)26-3)18-27-17-19-13-10-9-11-14-19/h9-11,13-14,20-25H,4-8,12,15-18H2,1-3H3/t20-,21-,22+,23-,24?/m1/s1. The molecule has 0 radical (unpaired) electrons. The summed E-state index contributed by atoms with van der Waals surface area (Å²) in [6.07, 6.45) is 3.71. The van der Waals surface area contributed by atoms with Gasteiger partial charge < -0.3 is 28.8 Å². The number of aliphatic hydroxyl groups excluding tert-OH is 1. The minimum atomic E-state index is -0.844. The van der Waals surface area contributed by atoms with Crippen LogP contribution in [0.4, 0.5) is 0 Å². The number of methoxy groups -OCH3 is 1. The Morgan fingerprint density at radius 2 is 1.63 bits per heavy atom. The fraction of sp³-hybridized carbons (Fsp3) is 0.750. The highest BCUT2D eigenvalue weighted by molar-refractivity contribution is 5.13. The molecule has 2 rings (SSSR count). The van der Waals surface area contributed by atoms with E-state index in [1.165, 1.54) is 19.3 Å². The first-order chi connectivity index (χ1) is 14.7. The predicted octanol–water partition coefficient (Wildman–Crippen LogP) is 4.09. The van der Waals surface area contributed by atoms with Crippen molar-refractivity contribution in [3.8, 4) is 0 Å². The van der Waals surface area contributed by atoms with Crippen LogP contribution >= 0.6 is 0 Å². The van der Waals surface area contributed by atoms with E-state index in [-0.39, 0.29) is 6.61 Å². The molecule has 1 heterocycles. The van der Waals surface area contributed by atoms with Gasteiger partial charge in [-0.2, -0.15) is 0 Å². The van der Waals surface area contributed by atoms with Gasteiger partial charge >= 0.3 is 0 Å². The molecule has 0 aromatic heterocycles. The predicted molar refractivity (Wildman–Crippen MR) is 116 cm³/mol. The Hall–Kier alpha value is -1.02. The number of aliphatic hydroxyl groups is 1. The molecule has 6 heteroatoms. The molecule has 1 aromatic rings. The molecule has 0 amide bonds. The van der Waals surface area contributed by atoms with Crippen LogP contribution in [-0.4, -0.2) is 62.7 Å². The lowest BCUT2D eigenvalue weighted by atomic mass is 9.98. The molecule has 172 valence electrons. The minimum absolute atomic E-state index is 0.256. The van der Waals surface area contributed by atoms with E-state index in [4.69, 9.17) is 23.7 Å². The van der Waals surface area contributed by atoms with Crippen molar-refractivity contribution >= 4 is 0 Å². The van der Waals surface area contributed by atoms with Crippen LogP contribution in [0.1, 0.15) is 57.9 Å². The zero-order valence-electron chi connectivity index (χ0n) is 18.8. The summed E-state index contributed by atoms with van der Waals surface area (Å²) in [5, 5.41) is 10.9. The van der Waals surface area contributed by atoms with Gasteiger partial charge in [-0.3, -0.25) is 0 Å². The van der Waals surface area contributed by atoms with Crippen LogP contribution in [0.25, 0.3) is 0 Å². The summed E-state index contributed by atoms with van der Waals surface area (Å²) in [5.41, 5.74) is 1.08. The molecule has 0 aliphatic carbocycles. The molecule has 1 fully saturated rings. The van der Waals surface area contributed by atoms with Crippen LogP contribution in [0.3, 0.4) is 0 Å². The van der Waals surface area contributed by atoms with E-state index in [1.807, 2.05) is 37.3 Å². The van der Waals surface area contributed by atoms with Crippen molar-refractivity contribution in [2.45, 2.75) is 89.7 Å². The van der Waals surface area contributed by atoms with Crippen LogP contribution in [-0.2, 0) is 30.3 Å². The van der Waals surface area contributed by atoms with E-state index in [9.17, 15) is 5.11 Å². The average molecular weight is 425 g/mol. The molecule has 5 atom stereocenters. The summed E-state index contributed by atoms with van der Waals surface area (Å²) < 4.78 is 29.5. The summed E-state index contributed by atoms with van der Waals surface area (Å²) >= 11 is 0. The second kappa shape index (κ2) is 14.9. The SMILES string of the molecule is CCCCCCCO[C@H]1C(OC)O[C@H](COCc2ccccc2)[C@@H](O)[C@@H]1OCCC. The number of hydrogen-bond donors (Lipinski definition) is 1. The fourth-order valence-electron chi connectivity index (χ4n) is 3.63. The van der Waals surface area contributed by atoms with Gasteiger partial charge in [-0.25, -0.2) is 0 Å². The summed E-state index contributed by atoms with van der Waals surface area (Å²) in [7, 11) is 1.60. The maximum Gasteiger partial charge on any atom is 0.186 e. The summed E-state index contributed by atoms with van der Waals surface area (Å²) in [5.74, 6) is 0. The molecular weight excluding hydrogens is 384 g/mol. The van der Waals surface area contributed by atoms with Crippen LogP contribution in [0.15, 0.2) is 30.3 Å². The number of unbranched alkanes of at least 4 members (excludes halogenated alkanes) is 4. The van der Waals surface area contributed by atoms with Gasteiger partial charge in [0.05, 0.1) is 13.2 Å². The van der Waals surface area contributed by atoms with Crippen molar-refractivity contribution < 1.29 is 28.8 Å². The van der Waals surface area contributed by atoms with Gasteiger partial charge in [0.2, 0.25) is 0 Å². The molecule has 1 aliphatic rings. The second-order valence-corrected chi connectivity index (χ2v) is 7.85. The van der Waals surface area contributed by atoms with Crippen LogP contribution < -0.4 is 0 Å². The van der Waals surface area contributed by atoms with E-state index in [0.29, 0.717) is 19.8 Å². The molecule has 1 aromatic carbocycles. The number of rotatable bonds is 15. The molecule has 1 aliphatic heterocycles. The van der Waals surface area contributed by atoms with Gasteiger partial charge in [0.25, 0.3) is 0 Å². The third-order valence-electron chi connectivity index (χ3n) is 5.32. The smallest absolute Gasteiger partial charge is 0.186 e. The lowest BCUT2D eigenvalue weighted by molar-refractivity contribution is -0.312. The minimum Gasteiger partial charge on any atom is -0.387 e. The first-order valence-corrected chi connectivity index (χ1v) is 11.4. The highest BCUT2D eigenvalue weighted by atomic mass is 16.7. The van der Waals surface area contributed by atoms with E-state index in [1.54, 1.807) is 7.11 Å². The van der Waals surface area contributed by atoms with Gasteiger partial charge in [0.15, 0.2) is 6.29 Å². The molecular formula is C24H40O6. The Labute approximate surface area is 181 Å². The number of hydrogen-bond acceptors (Lipinski definition) is 6. The van der Waals surface area contributed by atoms with Gasteiger partial charge in [-0.05, 0) is 18.4 Å². The lowest BCUT2D eigenvalue weighted by Gasteiger charge is -2.43. The lowest BCUT2D eigenvalue weighted by Crippen LogP contribution is -2.61. The van der Waals surface area contributed by atoms with E-state index in [2.05, 4.69) is 6.92 Å². The molecule has 30 heavy (non-hydrogen) atoms. The Balaban J connectivity index is 1.90. The van der Waals surface area contributed by atoms with E-state index < -0.39 is 30.7 Å². The molecule has 1 saturated heterocycles. The highest BCUT2D eigenvalue weighted by Gasteiger charge is 2.47. The molecule has 6 nitrogen and oxygen atoms in total. The van der Waals surface area contributed by atoms with Crippen LogP contribution in [0.2, 0.25) is 0 Å². The van der Waals surface area contributed by atoms with Gasteiger partial charge in [-0.1, -0.05) is 69.9 Å². The van der Waals surface area contributed by atoms with Crippen LogP contribution in [0.5, 0.6) is 0 Å². The normalized spacial score (nSPS) is 26.7. The largest absolute Gasteiger partial charge is 0.387 e. The van der Waals surface area contributed by atoms with Crippen molar-refractivity contribution in [2.24, 2.45) is 0 Å². The van der Waals surface area contributed by atoms with Crippen molar-refractivity contribution in [1.82, 2.24) is 0 Å². The number of ether oxygens (including phenoxy) is 5. The first-order valence-electron chi connectivity index (χ1n) is 11.4. The van der Waals surface area contributed by atoms with Crippen molar-refractivity contribution in [3.63, 3.8) is 0 Å². The summed E-state index contributed by atoms with van der Waals surface area (Å²) in [6, 6.07) is 9.94. The Kier molecular flexibility index (Phi) is 12.5. The Morgan fingerprint density at radius 1 is 0.900 bits per heavy atom. The number of benzene rings is 1.